The lowest BCUT2D eigenvalue weighted by atomic mass is 10.1. The van der Waals surface area contributed by atoms with Gasteiger partial charge in [0, 0.05) is 44.2 Å². The number of piperidine rings is 1. The number of methoxy groups -OCH3 is 1. The number of hydrogen-bond acceptors (Lipinski definition) is 5. The predicted octanol–water partition coefficient (Wildman–Crippen LogP) is 2.54. The van der Waals surface area contributed by atoms with Crippen LogP contribution in [0.25, 0.3) is 0 Å². The van der Waals surface area contributed by atoms with E-state index in [9.17, 15) is 0 Å². The average molecular weight is 481 g/mol. The molecule has 144 valence electrons. The molecule has 8 heteroatoms. The van der Waals surface area contributed by atoms with Crippen LogP contribution in [-0.2, 0) is 11.3 Å². The number of nitrogens with one attached hydrogen (secondary N) is 2. The normalized spacial score (nSPS) is 16.6. The molecule has 0 amide bonds. The Hall–Kier alpha value is -0.450. The number of hydrogen-bond donors (Lipinski definition) is 2. The number of ether oxygens (including phenoxy) is 1. The van der Waals surface area contributed by atoms with Crippen molar-refractivity contribution in [3.63, 3.8) is 0 Å². The molecule has 0 aromatic carbocycles. The van der Waals surface area contributed by atoms with Crippen LogP contribution in [0.1, 0.15) is 35.3 Å². The van der Waals surface area contributed by atoms with Gasteiger partial charge in [-0.15, -0.1) is 35.3 Å². The predicted molar refractivity (Wildman–Crippen MR) is 116 cm³/mol. The third-order valence-corrected chi connectivity index (χ3v) is 5.39. The number of guanidine groups is 1. The van der Waals surface area contributed by atoms with Gasteiger partial charge in [0.2, 0.25) is 0 Å². The molecule has 0 aliphatic carbocycles. The van der Waals surface area contributed by atoms with Crippen LogP contribution in [0.5, 0.6) is 0 Å². The van der Waals surface area contributed by atoms with E-state index in [1.54, 1.807) is 18.4 Å². The second kappa shape index (κ2) is 12.0. The number of nitrogens with zero attached hydrogens (tertiary/aromatic N) is 3. The summed E-state index contributed by atoms with van der Waals surface area (Å²) in [5, 5.41) is 8.01. The van der Waals surface area contributed by atoms with E-state index in [-0.39, 0.29) is 24.0 Å². The third-order valence-electron chi connectivity index (χ3n) is 4.33. The molecule has 25 heavy (non-hydrogen) atoms. The molecular formula is C17H32IN5OS. The van der Waals surface area contributed by atoms with Crippen LogP contribution in [-0.4, -0.2) is 61.8 Å². The molecule has 0 atom stereocenters. The van der Waals surface area contributed by atoms with Crippen LogP contribution in [0.4, 0.5) is 0 Å². The Labute approximate surface area is 172 Å². The number of aryl methyl sites for hydroxylation is 2. The Morgan fingerprint density at radius 1 is 1.36 bits per heavy atom. The molecule has 0 radical (unpaired) electrons. The molecule has 0 unspecified atom stereocenters. The standard InChI is InChI=1S/C17H31N5OS.HI/c1-5-18-17(19-12-16-20-13(2)14(3)24-16)21-15-6-8-22(9-7-15)10-11-23-4;/h15H,5-12H2,1-4H3,(H2,18,19,21);1H. The molecule has 0 saturated carbocycles. The van der Waals surface area contributed by atoms with Crippen LogP contribution in [0.3, 0.4) is 0 Å². The average Bonchev–Trinajstić information content (AvgIpc) is 2.90. The Kier molecular flexibility index (Phi) is 10.9. The lowest BCUT2D eigenvalue weighted by molar-refractivity contribution is 0.128. The minimum absolute atomic E-state index is 0. The highest BCUT2D eigenvalue weighted by Crippen LogP contribution is 2.17. The van der Waals surface area contributed by atoms with E-state index in [2.05, 4.69) is 41.3 Å². The zero-order chi connectivity index (χ0) is 17.4. The van der Waals surface area contributed by atoms with Gasteiger partial charge in [0.25, 0.3) is 0 Å². The van der Waals surface area contributed by atoms with Gasteiger partial charge in [-0.2, -0.15) is 0 Å². The number of likely N-dealkylation sites (tertiary alicyclic amines) is 1. The summed E-state index contributed by atoms with van der Waals surface area (Å²) in [6.07, 6.45) is 2.28. The summed E-state index contributed by atoms with van der Waals surface area (Å²) in [6.45, 7) is 11.9. The van der Waals surface area contributed by atoms with Crippen molar-refractivity contribution in [1.82, 2.24) is 20.5 Å². The molecule has 1 aliphatic rings. The van der Waals surface area contributed by atoms with Crippen molar-refractivity contribution < 1.29 is 4.74 Å². The lowest BCUT2D eigenvalue weighted by Crippen LogP contribution is -2.49. The van der Waals surface area contributed by atoms with E-state index in [1.165, 1.54) is 4.88 Å². The van der Waals surface area contributed by atoms with Crippen molar-refractivity contribution in [3.8, 4) is 0 Å². The summed E-state index contributed by atoms with van der Waals surface area (Å²) in [4.78, 5) is 13.0. The number of rotatable bonds is 7. The summed E-state index contributed by atoms with van der Waals surface area (Å²) in [7, 11) is 1.76. The fraction of sp³-hybridized carbons (Fsp3) is 0.765. The summed E-state index contributed by atoms with van der Waals surface area (Å²) in [6, 6.07) is 0.487. The van der Waals surface area contributed by atoms with Crippen LogP contribution < -0.4 is 10.6 Å². The molecule has 1 aliphatic heterocycles. The molecule has 1 aromatic rings. The molecule has 1 fully saturated rings. The fourth-order valence-electron chi connectivity index (χ4n) is 2.79. The minimum Gasteiger partial charge on any atom is -0.383 e. The van der Waals surface area contributed by atoms with E-state index in [1.807, 2.05) is 0 Å². The quantitative estimate of drug-likeness (QED) is 0.356. The number of aliphatic imine (C=N–C) groups is 1. The minimum atomic E-state index is 0. The van der Waals surface area contributed by atoms with E-state index in [0.29, 0.717) is 12.6 Å². The highest BCUT2D eigenvalue weighted by atomic mass is 127. The first kappa shape index (κ1) is 22.6. The van der Waals surface area contributed by atoms with Gasteiger partial charge in [0.05, 0.1) is 18.8 Å². The first-order valence-electron chi connectivity index (χ1n) is 8.81. The van der Waals surface area contributed by atoms with E-state index >= 15 is 0 Å². The molecule has 6 nitrogen and oxygen atoms in total. The van der Waals surface area contributed by atoms with Crippen molar-refractivity contribution in [1.29, 1.82) is 0 Å². The third kappa shape index (κ3) is 7.76. The Bertz CT molecular complexity index is 510. The molecule has 2 heterocycles. The fourth-order valence-corrected chi connectivity index (χ4v) is 3.65. The lowest BCUT2D eigenvalue weighted by Gasteiger charge is -2.32. The highest BCUT2D eigenvalue weighted by molar-refractivity contribution is 14.0. The summed E-state index contributed by atoms with van der Waals surface area (Å²) < 4.78 is 5.16. The molecular weight excluding hydrogens is 449 g/mol. The van der Waals surface area contributed by atoms with Crippen LogP contribution >= 0.6 is 35.3 Å². The maximum atomic E-state index is 5.16. The summed E-state index contributed by atoms with van der Waals surface area (Å²) in [5.74, 6) is 0.901. The topological polar surface area (TPSA) is 61.8 Å². The van der Waals surface area contributed by atoms with Crippen LogP contribution in [0, 0.1) is 13.8 Å². The monoisotopic (exact) mass is 481 g/mol. The van der Waals surface area contributed by atoms with Gasteiger partial charge >= 0.3 is 0 Å². The Morgan fingerprint density at radius 3 is 2.64 bits per heavy atom. The molecule has 1 aromatic heterocycles. The number of thiazole rings is 1. The molecule has 2 N–H and O–H groups in total. The first-order valence-corrected chi connectivity index (χ1v) is 9.63. The number of aromatic nitrogens is 1. The van der Waals surface area contributed by atoms with Gasteiger partial charge in [0.1, 0.15) is 5.01 Å². The van der Waals surface area contributed by atoms with E-state index < -0.39 is 0 Å². The van der Waals surface area contributed by atoms with E-state index in [4.69, 9.17) is 9.73 Å². The maximum absolute atomic E-state index is 5.16. The molecule has 1 saturated heterocycles. The summed E-state index contributed by atoms with van der Waals surface area (Å²) >= 11 is 1.74. The zero-order valence-electron chi connectivity index (χ0n) is 15.8. The van der Waals surface area contributed by atoms with Gasteiger partial charge in [-0.25, -0.2) is 9.98 Å². The molecule has 0 bridgehead atoms. The highest BCUT2D eigenvalue weighted by Gasteiger charge is 2.19. The van der Waals surface area contributed by atoms with Crippen LogP contribution in [0.15, 0.2) is 4.99 Å². The second-order valence-corrected chi connectivity index (χ2v) is 7.49. The van der Waals surface area contributed by atoms with Crippen molar-refractivity contribution in [2.45, 2.75) is 46.2 Å². The Morgan fingerprint density at radius 2 is 2.08 bits per heavy atom. The van der Waals surface area contributed by atoms with Gasteiger partial charge in [-0.05, 0) is 33.6 Å². The largest absolute Gasteiger partial charge is 0.383 e. The van der Waals surface area contributed by atoms with Crippen LogP contribution in [0.2, 0.25) is 0 Å². The van der Waals surface area contributed by atoms with Crippen molar-refractivity contribution in [2.24, 2.45) is 4.99 Å². The summed E-state index contributed by atoms with van der Waals surface area (Å²) in [5.41, 5.74) is 1.12. The smallest absolute Gasteiger partial charge is 0.191 e. The number of halogens is 1. The van der Waals surface area contributed by atoms with Crippen molar-refractivity contribution in [3.05, 3.63) is 15.6 Å². The maximum Gasteiger partial charge on any atom is 0.191 e. The molecule has 2 rings (SSSR count). The van der Waals surface area contributed by atoms with Crippen molar-refractivity contribution >= 4 is 41.3 Å². The second-order valence-electron chi connectivity index (χ2n) is 6.20. The molecule has 0 spiro atoms. The SMILES string of the molecule is CCNC(=NCc1nc(C)c(C)s1)NC1CCN(CCOC)CC1.I. The zero-order valence-corrected chi connectivity index (χ0v) is 18.9. The van der Waals surface area contributed by atoms with Crippen molar-refractivity contribution in [2.75, 3.05) is 39.9 Å². The van der Waals surface area contributed by atoms with E-state index in [0.717, 1.165) is 62.3 Å². The van der Waals surface area contributed by atoms with Gasteiger partial charge in [-0.3, -0.25) is 0 Å². The Balaban J connectivity index is 0.00000312. The first-order chi connectivity index (χ1) is 11.6. The van der Waals surface area contributed by atoms with Gasteiger partial charge < -0.3 is 20.3 Å². The van der Waals surface area contributed by atoms with Gasteiger partial charge in [0.15, 0.2) is 5.96 Å². The van der Waals surface area contributed by atoms with Gasteiger partial charge in [-0.1, -0.05) is 0 Å².